The number of alkyl carbamates (subject to hydrolysis) is 1. The van der Waals surface area contributed by atoms with Crippen LogP contribution in [-0.4, -0.2) is 31.3 Å². The van der Waals surface area contributed by atoms with E-state index in [2.05, 4.69) is 19.2 Å². The molecule has 0 aromatic rings. The van der Waals surface area contributed by atoms with Crippen molar-refractivity contribution in [3.05, 3.63) is 0 Å². The van der Waals surface area contributed by atoms with Crippen molar-refractivity contribution in [2.75, 3.05) is 13.2 Å². The molecule has 0 rings (SSSR count). The fourth-order valence-corrected chi connectivity index (χ4v) is 3.09. The Morgan fingerprint density at radius 2 is 1.18 bits per heavy atom. The molecule has 1 amide bonds. The predicted octanol–water partition coefficient (Wildman–Crippen LogP) is 6.54. The quantitative estimate of drug-likeness (QED) is 0.198. The summed E-state index contributed by atoms with van der Waals surface area (Å²) >= 11 is 0. The lowest BCUT2D eigenvalue weighted by Gasteiger charge is -2.17. The Morgan fingerprint density at radius 1 is 0.643 bits per heavy atom. The van der Waals surface area contributed by atoms with Crippen LogP contribution in [0.25, 0.3) is 0 Å². The van der Waals surface area contributed by atoms with Crippen molar-refractivity contribution in [2.24, 2.45) is 0 Å². The van der Waals surface area contributed by atoms with Gasteiger partial charge in [0.25, 0.3) is 0 Å². The van der Waals surface area contributed by atoms with E-state index in [9.17, 15) is 9.59 Å². The third-order valence-electron chi connectivity index (χ3n) is 4.85. The van der Waals surface area contributed by atoms with Crippen molar-refractivity contribution >= 4 is 12.1 Å². The van der Waals surface area contributed by atoms with E-state index in [4.69, 9.17) is 9.47 Å². The van der Waals surface area contributed by atoms with E-state index in [1.54, 1.807) is 0 Å². The van der Waals surface area contributed by atoms with Crippen LogP contribution in [0.2, 0.25) is 0 Å². The molecule has 28 heavy (non-hydrogen) atoms. The van der Waals surface area contributed by atoms with Crippen molar-refractivity contribution in [1.82, 2.24) is 5.32 Å². The fourth-order valence-electron chi connectivity index (χ4n) is 3.09. The van der Waals surface area contributed by atoms with Crippen molar-refractivity contribution in [1.29, 1.82) is 0 Å². The standard InChI is InChI=1S/C23H45NO4/c1-4-7-9-11-12-13-14-15-17-20-27-22(25)21(18-16-10-8-5-2)24-23(26)28-19-6-3/h21H,4-20H2,1-3H3,(H,24,26). The highest BCUT2D eigenvalue weighted by Gasteiger charge is 2.22. The number of hydrogen-bond acceptors (Lipinski definition) is 4. The highest BCUT2D eigenvalue weighted by atomic mass is 16.6. The predicted molar refractivity (Wildman–Crippen MR) is 116 cm³/mol. The molecule has 0 radical (unpaired) electrons. The molecule has 1 unspecified atom stereocenters. The summed E-state index contributed by atoms with van der Waals surface area (Å²) in [7, 11) is 0. The van der Waals surface area contributed by atoms with Gasteiger partial charge in [0.1, 0.15) is 6.04 Å². The molecule has 166 valence electrons. The molecule has 0 fully saturated rings. The summed E-state index contributed by atoms with van der Waals surface area (Å²) in [5.74, 6) is -0.329. The number of unbranched alkanes of at least 4 members (excludes halogenated alkanes) is 11. The zero-order chi connectivity index (χ0) is 20.9. The topological polar surface area (TPSA) is 64.6 Å². The molecule has 5 heteroatoms. The van der Waals surface area contributed by atoms with Crippen molar-refractivity contribution in [3.8, 4) is 0 Å². The Hall–Kier alpha value is -1.26. The molecular weight excluding hydrogens is 354 g/mol. The lowest BCUT2D eigenvalue weighted by atomic mass is 10.1. The SMILES string of the molecule is CCCCCCCCCCCOC(=O)C(CCCCCC)NC(=O)OCCC. The molecule has 5 nitrogen and oxygen atoms in total. The Morgan fingerprint density at radius 3 is 1.75 bits per heavy atom. The number of rotatable bonds is 19. The van der Waals surface area contributed by atoms with Gasteiger partial charge in [-0.15, -0.1) is 0 Å². The molecule has 0 aliphatic heterocycles. The molecule has 0 saturated carbocycles. The van der Waals surface area contributed by atoms with Gasteiger partial charge in [0.05, 0.1) is 13.2 Å². The van der Waals surface area contributed by atoms with Gasteiger partial charge in [-0.05, 0) is 19.3 Å². The van der Waals surface area contributed by atoms with Gasteiger partial charge in [0.2, 0.25) is 0 Å². The monoisotopic (exact) mass is 399 g/mol. The van der Waals surface area contributed by atoms with E-state index in [0.29, 0.717) is 19.6 Å². The molecule has 0 aromatic carbocycles. The molecule has 1 N–H and O–H groups in total. The second kappa shape index (κ2) is 20.5. The highest BCUT2D eigenvalue weighted by Crippen LogP contribution is 2.11. The van der Waals surface area contributed by atoms with Crippen LogP contribution in [-0.2, 0) is 14.3 Å². The molecule has 0 heterocycles. The minimum atomic E-state index is -0.597. The van der Waals surface area contributed by atoms with Crippen LogP contribution in [0.4, 0.5) is 4.79 Å². The summed E-state index contributed by atoms with van der Waals surface area (Å²) in [4.78, 5) is 24.2. The van der Waals surface area contributed by atoms with Crippen LogP contribution in [0.15, 0.2) is 0 Å². The van der Waals surface area contributed by atoms with E-state index in [1.807, 2.05) is 6.92 Å². The average molecular weight is 400 g/mol. The van der Waals surface area contributed by atoms with E-state index < -0.39 is 12.1 Å². The fraction of sp³-hybridized carbons (Fsp3) is 0.913. The second-order valence-electron chi connectivity index (χ2n) is 7.68. The summed E-state index contributed by atoms with van der Waals surface area (Å²) in [5, 5.41) is 2.68. The lowest BCUT2D eigenvalue weighted by Crippen LogP contribution is -2.42. The number of nitrogens with one attached hydrogen (secondary N) is 1. The van der Waals surface area contributed by atoms with Gasteiger partial charge in [-0.25, -0.2) is 9.59 Å². The Bertz CT molecular complexity index is 374. The largest absolute Gasteiger partial charge is 0.464 e. The summed E-state index contributed by atoms with van der Waals surface area (Å²) in [6.45, 7) is 7.13. The third-order valence-corrected chi connectivity index (χ3v) is 4.85. The normalized spacial score (nSPS) is 11.8. The molecule has 0 spiro atoms. The van der Waals surface area contributed by atoms with Crippen LogP contribution < -0.4 is 5.32 Å². The number of esters is 1. The van der Waals surface area contributed by atoms with Crippen molar-refractivity contribution in [3.63, 3.8) is 0 Å². The molecule has 0 aliphatic carbocycles. The van der Waals surface area contributed by atoms with Crippen LogP contribution in [0.5, 0.6) is 0 Å². The Labute approximate surface area is 173 Å². The first-order valence-electron chi connectivity index (χ1n) is 11.8. The summed E-state index contributed by atoms with van der Waals surface area (Å²) < 4.78 is 10.5. The van der Waals surface area contributed by atoms with Gasteiger partial charge in [0.15, 0.2) is 0 Å². The minimum Gasteiger partial charge on any atom is -0.464 e. The molecule has 0 bridgehead atoms. The van der Waals surface area contributed by atoms with Crippen LogP contribution >= 0.6 is 0 Å². The van der Waals surface area contributed by atoms with Crippen LogP contribution in [0, 0.1) is 0 Å². The number of carbonyl (C=O) groups excluding carboxylic acids is 2. The number of carbonyl (C=O) groups is 2. The second-order valence-corrected chi connectivity index (χ2v) is 7.68. The zero-order valence-corrected chi connectivity index (χ0v) is 18.7. The van der Waals surface area contributed by atoms with Crippen LogP contribution in [0.3, 0.4) is 0 Å². The highest BCUT2D eigenvalue weighted by molar-refractivity contribution is 5.81. The number of hydrogen-bond donors (Lipinski definition) is 1. The maximum atomic E-state index is 12.4. The van der Waals surface area contributed by atoms with E-state index in [0.717, 1.165) is 44.9 Å². The summed E-state index contributed by atoms with van der Waals surface area (Å²) in [6, 6.07) is -0.597. The average Bonchev–Trinajstić information content (AvgIpc) is 2.69. The molecule has 0 aromatic heterocycles. The van der Waals surface area contributed by atoms with Gasteiger partial charge >= 0.3 is 12.1 Å². The molecule has 0 saturated heterocycles. The first kappa shape index (κ1) is 26.7. The maximum Gasteiger partial charge on any atom is 0.407 e. The lowest BCUT2D eigenvalue weighted by molar-refractivity contribution is -0.146. The Kier molecular flexibility index (Phi) is 19.6. The maximum absolute atomic E-state index is 12.4. The van der Waals surface area contributed by atoms with E-state index >= 15 is 0 Å². The van der Waals surface area contributed by atoms with Gasteiger partial charge in [0, 0.05) is 0 Å². The van der Waals surface area contributed by atoms with Gasteiger partial charge in [-0.1, -0.05) is 97.8 Å². The van der Waals surface area contributed by atoms with Gasteiger partial charge < -0.3 is 14.8 Å². The number of amides is 1. The van der Waals surface area contributed by atoms with Gasteiger partial charge in [-0.3, -0.25) is 0 Å². The van der Waals surface area contributed by atoms with E-state index in [1.165, 1.54) is 44.9 Å². The van der Waals surface area contributed by atoms with E-state index in [-0.39, 0.29) is 5.97 Å². The van der Waals surface area contributed by atoms with Crippen LogP contribution in [0.1, 0.15) is 117 Å². The summed E-state index contributed by atoms with van der Waals surface area (Å²) in [6.07, 6.45) is 16.2. The van der Waals surface area contributed by atoms with Crippen molar-refractivity contribution in [2.45, 2.75) is 123 Å². The smallest absolute Gasteiger partial charge is 0.407 e. The first-order valence-corrected chi connectivity index (χ1v) is 11.8. The van der Waals surface area contributed by atoms with Gasteiger partial charge in [-0.2, -0.15) is 0 Å². The van der Waals surface area contributed by atoms with Crippen molar-refractivity contribution < 1.29 is 19.1 Å². The summed E-state index contributed by atoms with van der Waals surface area (Å²) in [5.41, 5.74) is 0. The first-order chi connectivity index (χ1) is 13.7. The Balaban J connectivity index is 3.99. The number of ether oxygens (including phenoxy) is 2. The third kappa shape index (κ3) is 16.9. The molecule has 1 atom stereocenters. The zero-order valence-electron chi connectivity index (χ0n) is 18.7. The molecular formula is C23H45NO4. The minimum absolute atomic E-state index is 0.329. The molecule has 0 aliphatic rings.